The predicted molar refractivity (Wildman–Crippen MR) is 179 cm³/mol. The molecule has 0 saturated heterocycles. The van der Waals surface area contributed by atoms with Crippen molar-refractivity contribution in [3.05, 3.63) is 146 Å². The zero-order valence-electron chi connectivity index (χ0n) is 23.1. The summed E-state index contributed by atoms with van der Waals surface area (Å²) in [4.78, 5) is 11.0. The van der Waals surface area contributed by atoms with E-state index in [-0.39, 0.29) is 0 Å². The largest absolute Gasteiger partial charge is 0.308 e. The summed E-state index contributed by atoms with van der Waals surface area (Å²) in [6.07, 6.45) is 3.76. The standard InChI is InChI=1S/C38H24N4S/c1-3-12-25(13-4-1)36-37(26-14-5-2-6-15-26)43-38(40-36)42-31-20-10-8-18-29(31)35-33(42)22-21-32-34(35)28-17-7-9-19-30(28)41(32)27-16-11-23-39-24-27/h1-24H. The Hall–Kier alpha value is -5.52. The molecule has 0 atom stereocenters. The molecule has 0 saturated carbocycles. The predicted octanol–water partition coefficient (Wildman–Crippen LogP) is 10.1. The zero-order chi connectivity index (χ0) is 28.3. The third kappa shape index (κ3) is 3.62. The van der Waals surface area contributed by atoms with Gasteiger partial charge in [0.2, 0.25) is 0 Å². The fourth-order valence-corrected chi connectivity index (χ4v) is 7.59. The van der Waals surface area contributed by atoms with Crippen LogP contribution in [0.5, 0.6) is 0 Å². The highest BCUT2D eigenvalue weighted by Gasteiger charge is 2.23. The quantitative estimate of drug-likeness (QED) is 0.212. The lowest BCUT2D eigenvalue weighted by Gasteiger charge is -2.07. The van der Waals surface area contributed by atoms with Crippen LogP contribution in [0.15, 0.2) is 146 Å². The molecule has 43 heavy (non-hydrogen) atoms. The van der Waals surface area contributed by atoms with E-state index in [0.717, 1.165) is 33.1 Å². The van der Waals surface area contributed by atoms with Gasteiger partial charge in [-0.3, -0.25) is 9.55 Å². The van der Waals surface area contributed by atoms with Crippen LogP contribution in [0.3, 0.4) is 0 Å². The van der Waals surface area contributed by atoms with Crippen LogP contribution in [0.1, 0.15) is 0 Å². The van der Waals surface area contributed by atoms with Crippen LogP contribution in [0.25, 0.3) is 76.1 Å². The Morgan fingerprint density at radius 2 is 1.07 bits per heavy atom. The van der Waals surface area contributed by atoms with E-state index >= 15 is 0 Å². The van der Waals surface area contributed by atoms with Crippen molar-refractivity contribution in [2.75, 3.05) is 0 Å². The van der Waals surface area contributed by atoms with E-state index in [9.17, 15) is 0 Å². The topological polar surface area (TPSA) is 35.6 Å². The second-order valence-electron chi connectivity index (χ2n) is 10.7. The summed E-state index contributed by atoms with van der Waals surface area (Å²) >= 11 is 1.74. The first-order chi connectivity index (χ1) is 21.4. The molecule has 5 aromatic carbocycles. The van der Waals surface area contributed by atoms with Crippen LogP contribution in [0.4, 0.5) is 0 Å². The molecule has 0 radical (unpaired) electrons. The average molecular weight is 569 g/mol. The van der Waals surface area contributed by atoms with Crippen molar-refractivity contribution in [2.24, 2.45) is 0 Å². The Bertz CT molecular complexity index is 2380. The SMILES string of the molecule is c1ccc(-c2nc(-n3c4ccccc4c4c5c6ccccc6n(-c6cccnc6)c5ccc43)sc2-c2ccccc2)cc1. The van der Waals surface area contributed by atoms with Crippen LogP contribution >= 0.6 is 11.3 Å². The van der Waals surface area contributed by atoms with Gasteiger partial charge >= 0.3 is 0 Å². The fourth-order valence-electron chi connectivity index (χ4n) is 6.47. The van der Waals surface area contributed by atoms with Crippen molar-refractivity contribution < 1.29 is 0 Å². The van der Waals surface area contributed by atoms with Gasteiger partial charge in [-0.25, -0.2) is 4.98 Å². The molecule has 0 bridgehead atoms. The highest BCUT2D eigenvalue weighted by Crippen LogP contribution is 2.44. The normalized spacial score (nSPS) is 11.7. The number of benzene rings is 5. The van der Waals surface area contributed by atoms with E-state index in [2.05, 4.69) is 142 Å². The van der Waals surface area contributed by atoms with Crippen LogP contribution in [0, 0.1) is 0 Å². The van der Waals surface area contributed by atoms with Crippen molar-refractivity contribution in [1.82, 2.24) is 19.1 Å². The van der Waals surface area contributed by atoms with E-state index in [1.54, 1.807) is 11.3 Å². The highest BCUT2D eigenvalue weighted by atomic mass is 32.1. The van der Waals surface area contributed by atoms with Crippen molar-refractivity contribution in [1.29, 1.82) is 0 Å². The maximum absolute atomic E-state index is 5.36. The minimum Gasteiger partial charge on any atom is -0.308 e. The van der Waals surface area contributed by atoms with Crippen molar-refractivity contribution >= 4 is 54.9 Å². The van der Waals surface area contributed by atoms with Crippen molar-refractivity contribution in [3.63, 3.8) is 0 Å². The summed E-state index contributed by atoms with van der Waals surface area (Å²) in [5, 5.41) is 5.89. The summed E-state index contributed by atoms with van der Waals surface area (Å²) in [6.45, 7) is 0. The molecule has 0 aliphatic heterocycles. The Labute approximate surface area is 251 Å². The zero-order valence-corrected chi connectivity index (χ0v) is 23.9. The Balaban J connectivity index is 1.40. The summed E-state index contributed by atoms with van der Waals surface area (Å²) < 4.78 is 4.68. The van der Waals surface area contributed by atoms with Gasteiger partial charge in [0.25, 0.3) is 0 Å². The van der Waals surface area contributed by atoms with E-state index in [1.165, 1.54) is 43.0 Å². The molecule has 9 rings (SSSR count). The van der Waals surface area contributed by atoms with Gasteiger partial charge in [0.1, 0.15) is 0 Å². The summed E-state index contributed by atoms with van der Waals surface area (Å²) in [5.41, 5.74) is 8.98. The molecule has 4 heterocycles. The molecule has 202 valence electrons. The van der Waals surface area contributed by atoms with Gasteiger partial charge in [0.05, 0.1) is 44.5 Å². The van der Waals surface area contributed by atoms with E-state index in [0.29, 0.717) is 0 Å². The second-order valence-corrected chi connectivity index (χ2v) is 11.7. The number of rotatable bonds is 4. The number of para-hydroxylation sites is 2. The molecule has 0 N–H and O–H groups in total. The molecular formula is C38H24N4S. The van der Waals surface area contributed by atoms with Gasteiger partial charge in [0.15, 0.2) is 5.13 Å². The van der Waals surface area contributed by atoms with Gasteiger partial charge in [-0.1, -0.05) is 108 Å². The first-order valence-corrected chi connectivity index (χ1v) is 15.2. The van der Waals surface area contributed by atoms with Crippen LogP contribution < -0.4 is 0 Å². The maximum atomic E-state index is 5.36. The van der Waals surface area contributed by atoms with E-state index in [4.69, 9.17) is 4.98 Å². The molecule has 0 unspecified atom stereocenters. The van der Waals surface area contributed by atoms with E-state index in [1.807, 2.05) is 18.5 Å². The van der Waals surface area contributed by atoms with Crippen molar-refractivity contribution in [3.8, 4) is 32.5 Å². The maximum Gasteiger partial charge on any atom is 0.195 e. The van der Waals surface area contributed by atoms with Crippen LogP contribution in [0.2, 0.25) is 0 Å². The minimum atomic E-state index is 0.958. The lowest BCUT2D eigenvalue weighted by Crippen LogP contribution is -1.95. The molecule has 4 aromatic heterocycles. The Morgan fingerprint density at radius 1 is 0.488 bits per heavy atom. The molecule has 0 aliphatic carbocycles. The number of thiazole rings is 1. The smallest absolute Gasteiger partial charge is 0.195 e. The van der Waals surface area contributed by atoms with Gasteiger partial charge in [-0.15, -0.1) is 0 Å². The number of pyridine rings is 1. The highest BCUT2D eigenvalue weighted by molar-refractivity contribution is 7.18. The Kier molecular flexibility index (Phi) is 5.33. The third-order valence-corrected chi connectivity index (χ3v) is 9.36. The molecule has 0 fully saturated rings. The van der Waals surface area contributed by atoms with Gasteiger partial charge in [0, 0.05) is 33.3 Å². The lowest BCUT2D eigenvalue weighted by molar-refractivity contribution is 1.13. The second kappa shape index (κ2) is 9.51. The number of nitrogens with zero attached hydrogens (tertiary/aromatic N) is 4. The minimum absolute atomic E-state index is 0.958. The molecule has 0 aliphatic rings. The first kappa shape index (κ1) is 24.1. The van der Waals surface area contributed by atoms with Crippen molar-refractivity contribution in [2.45, 2.75) is 0 Å². The third-order valence-electron chi connectivity index (χ3n) is 8.27. The summed E-state index contributed by atoms with van der Waals surface area (Å²) in [6, 6.07) is 47.1. The number of hydrogen-bond donors (Lipinski definition) is 0. The monoisotopic (exact) mass is 568 g/mol. The summed E-state index contributed by atoms with van der Waals surface area (Å²) in [7, 11) is 0. The molecule has 4 nitrogen and oxygen atoms in total. The van der Waals surface area contributed by atoms with Crippen LogP contribution in [-0.4, -0.2) is 19.1 Å². The van der Waals surface area contributed by atoms with Gasteiger partial charge in [-0.05, 0) is 42.0 Å². The molecule has 0 spiro atoms. The van der Waals surface area contributed by atoms with Crippen LogP contribution in [-0.2, 0) is 0 Å². The first-order valence-electron chi connectivity index (χ1n) is 14.3. The number of aromatic nitrogens is 4. The number of fused-ring (bicyclic) bond motifs is 7. The molecule has 0 amide bonds. The average Bonchev–Trinajstić information content (AvgIpc) is 3.76. The van der Waals surface area contributed by atoms with E-state index < -0.39 is 0 Å². The number of hydrogen-bond acceptors (Lipinski definition) is 3. The fraction of sp³-hybridized carbons (Fsp3) is 0. The van der Waals surface area contributed by atoms with Gasteiger partial charge in [-0.2, -0.15) is 0 Å². The molecule has 9 aromatic rings. The van der Waals surface area contributed by atoms with Gasteiger partial charge < -0.3 is 4.57 Å². The molecular weight excluding hydrogens is 545 g/mol. The molecule has 5 heteroatoms. The lowest BCUT2D eigenvalue weighted by atomic mass is 10.1. The summed E-state index contributed by atoms with van der Waals surface area (Å²) in [5.74, 6) is 0. The Morgan fingerprint density at radius 3 is 1.72 bits per heavy atom.